The van der Waals surface area contributed by atoms with Crippen LogP contribution in [0.2, 0.25) is 0 Å². The predicted molar refractivity (Wildman–Crippen MR) is 116 cm³/mol. The van der Waals surface area contributed by atoms with E-state index in [1.165, 1.54) is 0 Å². The fourth-order valence-corrected chi connectivity index (χ4v) is 4.35. The number of phenols is 1. The third-order valence-electron chi connectivity index (χ3n) is 4.49. The fourth-order valence-electron chi connectivity index (χ4n) is 2.93. The lowest BCUT2D eigenvalue weighted by Crippen LogP contribution is -2.27. The van der Waals surface area contributed by atoms with Gasteiger partial charge in [-0.05, 0) is 40.9 Å². The summed E-state index contributed by atoms with van der Waals surface area (Å²) in [5.74, 6) is 2.17. The van der Waals surface area contributed by atoms with Crippen LogP contribution in [0.3, 0.4) is 0 Å². The summed E-state index contributed by atoms with van der Waals surface area (Å²) in [7, 11) is 0. The van der Waals surface area contributed by atoms with Crippen molar-refractivity contribution in [3.05, 3.63) is 33.7 Å². The predicted octanol–water partition coefficient (Wildman–Crippen LogP) is 5.22. The number of phenolic OH excluding ortho intramolecular Hbond substituents is 1. The van der Waals surface area contributed by atoms with E-state index in [4.69, 9.17) is 0 Å². The van der Waals surface area contributed by atoms with Gasteiger partial charge in [0.05, 0.1) is 10.8 Å². The highest BCUT2D eigenvalue weighted by molar-refractivity contribution is 8.04. The molecule has 3 nitrogen and oxygen atoms in total. The average molecular weight is 394 g/mol. The summed E-state index contributed by atoms with van der Waals surface area (Å²) in [6, 6.07) is 4.05. The Morgan fingerprint density at radius 2 is 1.69 bits per heavy atom. The van der Waals surface area contributed by atoms with Crippen LogP contribution in [0.4, 0.5) is 0 Å². The van der Waals surface area contributed by atoms with E-state index in [0.29, 0.717) is 5.75 Å². The van der Waals surface area contributed by atoms with E-state index in [1.54, 1.807) is 23.5 Å². The maximum atomic E-state index is 12.6. The van der Waals surface area contributed by atoms with Gasteiger partial charge in [0, 0.05) is 23.4 Å². The van der Waals surface area contributed by atoms with Crippen LogP contribution in [-0.4, -0.2) is 40.3 Å². The largest absolute Gasteiger partial charge is 0.507 e. The van der Waals surface area contributed by atoms with E-state index in [0.717, 1.165) is 39.8 Å². The topological polar surface area (TPSA) is 40.5 Å². The Hall–Kier alpha value is -1.07. The lowest BCUT2D eigenvalue weighted by atomic mass is 9.78. The van der Waals surface area contributed by atoms with Gasteiger partial charge in [-0.15, -0.1) is 0 Å². The van der Waals surface area contributed by atoms with Gasteiger partial charge in [0.1, 0.15) is 5.75 Å². The molecule has 1 aliphatic heterocycles. The number of hydrogen-bond acceptors (Lipinski definition) is 4. The van der Waals surface area contributed by atoms with E-state index in [-0.39, 0.29) is 16.7 Å². The molecule has 0 aromatic heterocycles. The number of thioether (sulfide) groups is 2. The molecule has 1 heterocycles. The average Bonchev–Trinajstić information content (AvgIpc) is 2.85. The second-order valence-electron chi connectivity index (χ2n) is 8.81. The lowest BCUT2D eigenvalue weighted by Gasteiger charge is -2.28. The summed E-state index contributed by atoms with van der Waals surface area (Å²) in [4.78, 5) is 15.3. The minimum atomic E-state index is -0.171. The van der Waals surface area contributed by atoms with Crippen molar-refractivity contribution < 1.29 is 9.90 Å². The van der Waals surface area contributed by atoms with Crippen molar-refractivity contribution in [1.82, 2.24) is 4.90 Å². The Morgan fingerprint density at radius 3 is 2.15 bits per heavy atom. The van der Waals surface area contributed by atoms with Crippen molar-refractivity contribution in [1.29, 1.82) is 0 Å². The zero-order valence-electron chi connectivity index (χ0n) is 17.0. The number of amides is 1. The maximum Gasteiger partial charge on any atom is 0.261 e. The molecule has 1 aromatic rings. The van der Waals surface area contributed by atoms with Crippen molar-refractivity contribution in [2.75, 3.05) is 24.4 Å². The summed E-state index contributed by atoms with van der Waals surface area (Å²) >= 11 is 3.36. The molecule has 1 saturated heterocycles. The van der Waals surface area contributed by atoms with Gasteiger partial charge in [-0.3, -0.25) is 4.79 Å². The van der Waals surface area contributed by atoms with Crippen LogP contribution < -0.4 is 0 Å². The Bertz CT molecular complexity index is 677. The quantitative estimate of drug-likeness (QED) is 0.712. The molecule has 0 saturated carbocycles. The monoisotopic (exact) mass is 393 g/mol. The summed E-state index contributed by atoms with van der Waals surface area (Å²) in [5.41, 5.74) is 2.49. The standard InChI is InChI=1S/C21H31NO2S2/c1-20(2,3)15-10-14(11-16(18(15)23)21(4,5)6)12-17-19(24)22(13-26-17)8-9-25-7/h10-12,23H,8-9,13H2,1-7H3. The minimum absolute atomic E-state index is 0.117. The van der Waals surface area contributed by atoms with Gasteiger partial charge in [0.2, 0.25) is 0 Å². The van der Waals surface area contributed by atoms with Crippen molar-refractivity contribution >= 4 is 35.5 Å². The molecule has 0 unspecified atom stereocenters. The van der Waals surface area contributed by atoms with E-state index in [1.807, 2.05) is 23.1 Å². The highest BCUT2D eigenvalue weighted by atomic mass is 32.2. The number of hydrogen-bond donors (Lipinski definition) is 1. The van der Waals surface area contributed by atoms with Gasteiger partial charge in [0.25, 0.3) is 5.91 Å². The first-order valence-electron chi connectivity index (χ1n) is 8.96. The third-order valence-corrected chi connectivity index (χ3v) is 6.12. The second kappa shape index (κ2) is 7.89. The van der Waals surface area contributed by atoms with Gasteiger partial charge in [-0.2, -0.15) is 11.8 Å². The van der Waals surface area contributed by atoms with Crippen LogP contribution in [-0.2, 0) is 15.6 Å². The first-order valence-corrected chi connectivity index (χ1v) is 11.3. The molecule has 144 valence electrons. The number of carbonyl (C=O) groups is 1. The van der Waals surface area contributed by atoms with Crippen LogP contribution in [0.5, 0.6) is 5.75 Å². The molecule has 0 atom stereocenters. The summed E-state index contributed by atoms with van der Waals surface area (Å²) in [5, 5.41) is 10.8. The smallest absolute Gasteiger partial charge is 0.261 e. The van der Waals surface area contributed by atoms with Crippen molar-refractivity contribution in [2.24, 2.45) is 0 Å². The Labute approximate surface area is 166 Å². The highest BCUT2D eigenvalue weighted by Crippen LogP contribution is 2.41. The maximum absolute atomic E-state index is 12.6. The molecule has 0 spiro atoms. The van der Waals surface area contributed by atoms with Crippen LogP contribution in [0.15, 0.2) is 17.0 Å². The van der Waals surface area contributed by atoms with E-state index >= 15 is 0 Å². The molecule has 1 aliphatic rings. The molecule has 2 rings (SSSR count). The normalized spacial score (nSPS) is 17.4. The molecule has 1 fully saturated rings. The molecule has 5 heteroatoms. The first kappa shape index (κ1) is 21.2. The molecular weight excluding hydrogens is 362 g/mol. The Morgan fingerprint density at radius 1 is 1.15 bits per heavy atom. The van der Waals surface area contributed by atoms with Gasteiger partial charge in [-0.1, -0.05) is 53.3 Å². The van der Waals surface area contributed by atoms with E-state index in [2.05, 4.69) is 47.8 Å². The number of carbonyl (C=O) groups excluding carboxylic acids is 1. The SMILES string of the molecule is CSCCN1CSC(=Cc2cc(C(C)(C)C)c(O)c(C(C)(C)C)c2)C1=O. The molecular formula is C21H31NO2S2. The lowest BCUT2D eigenvalue weighted by molar-refractivity contribution is -0.124. The first-order chi connectivity index (χ1) is 11.9. The Balaban J connectivity index is 2.46. The van der Waals surface area contributed by atoms with Crippen LogP contribution in [0, 0.1) is 0 Å². The third kappa shape index (κ3) is 4.80. The molecule has 26 heavy (non-hydrogen) atoms. The molecule has 0 bridgehead atoms. The molecule has 0 radical (unpaired) electrons. The Kier molecular flexibility index (Phi) is 6.44. The minimum Gasteiger partial charge on any atom is -0.507 e. The van der Waals surface area contributed by atoms with Crippen molar-refractivity contribution in [3.8, 4) is 5.75 Å². The zero-order valence-corrected chi connectivity index (χ0v) is 18.6. The second-order valence-corrected chi connectivity index (χ2v) is 10.8. The van der Waals surface area contributed by atoms with Gasteiger partial charge >= 0.3 is 0 Å². The van der Waals surface area contributed by atoms with E-state index < -0.39 is 0 Å². The number of benzene rings is 1. The van der Waals surface area contributed by atoms with Crippen molar-refractivity contribution in [2.45, 2.75) is 52.4 Å². The van der Waals surface area contributed by atoms with Gasteiger partial charge in [-0.25, -0.2) is 0 Å². The van der Waals surface area contributed by atoms with Crippen LogP contribution >= 0.6 is 23.5 Å². The zero-order chi connectivity index (χ0) is 19.7. The van der Waals surface area contributed by atoms with Gasteiger partial charge in [0.15, 0.2) is 0 Å². The summed E-state index contributed by atoms with van der Waals surface area (Å²) in [6.07, 6.45) is 4.04. The van der Waals surface area contributed by atoms with Crippen LogP contribution in [0.1, 0.15) is 58.2 Å². The molecule has 0 aliphatic carbocycles. The number of nitrogens with zero attached hydrogens (tertiary/aromatic N) is 1. The number of rotatable bonds is 4. The molecule has 1 N–H and O–H groups in total. The van der Waals surface area contributed by atoms with E-state index in [9.17, 15) is 9.90 Å². The summed E-state index contributed by atoms with van der Waals surface area (Å²) in [6.45, 7) is 13.4. The highest BCUT2D eigenvalue weighted by Gasteiger charge is 2.28. The molecule has 1 aromatic carbocycles. The molecule has 1 amide bonds. The number of aromatic hydroxyl groups is 1. The summed E-state index contributed by atoms with van der Waals surface area (Å²) < 4.78 is 0. The van der Waals surface area contributed by atoms with Crippen molar-refractivity contribution in [3.63, 3.8) is 0 Å². The van der Waals surface area contributed by atoms with Gasteiger partial charge < -0.3 is 10.0 Å². The fraction of sp³-hybridized carbons (Fsp3) is 0.571. The van der Waals surface area contributed by atoms with Crippen LogP contribution in [0.25, 0.3) is 6.08 Å².